The largest absolute Gasteiger partial charge is 0.326 e. The third-order valence-corrected chi connectivity index (χ3v) is 5.87. The Morgan fingerprint density at radius 2 is 1.97 bits per heavy atom. The SMILES string of the molecule is Cc1ccc2c(c1)C1(NC(CC(C)C)CC1C(=O)Nc1ccc(F)cc1)C(=O)N2. The van der Waals surface area contributed by atoms with Crippen molar-refractivity contribution in [1.82, 2.24) is 5.32 Å². The van der Waals surface area contributed by atoms with Gasteiger partial charge in [0.2, 0.25) is 11.8 Å². The molecule has 29 heavy (non-hydrogen) atoms. The number of aryl methyl sites for hydroxylation is 1. The van der Waals surface area contributed by atoms with Crippen LogP contribution in [-0.2, 0) is 15.1 Å². The predicted octanol–water partition coefficient (Wildman–Crippen LogP) is 3.94. The maximum Gasteiger partial charge on any atom is 0.250 e. The molecule has 6 heteroatoms. The molecule has 3 N–H and O–H groups in total. The van der Waals surface area contributed by atoms with Crippen LogP contribution in [0.3, 0.4) is 0 Å². The van der Waals surface area contributed by atoms with E-state index in [4.69, 9.17) is 0 Å². The number of halogens is 1. The van der Waals surface area contributed by atoms with Gasteiger partial charge in [-0.3, -0.25) is 14.9 Å². The molecule has 0 bridgehead atoms. The van der Waals surface area contributed by atoms with Crippen LogP contribution in [-0.4, -0.2) is 17.9 Å². The van der Waals surface area contributed by atoms with Crippen LogP contribution in [0, 0.1) is 24.6 Å². The van der Waals surface area contributed by atoms with E-state index in [2.05, 4.69) is 29.8 Å². The molecule has 0 aromatic heterocycles. The lowest BCUT2D eigenvalue weighted by molar-refractivity contribution is -0.130. The van der Waals surface area contributed by atoms with Gasteiger partial charge in [-0.2, -0.15) is 0 Å². The fraction of sp³-hybridized carbons (Fsp3) is 0.391. The number of nitrogens with one attached hydrogen (secondary N) is 3. The van der Waals surface area contributed by atoms with Gasteiger partial charge >= 0.3 is 0 Å². The molecule has 152 valence electrons. The topological polar surface area (TPSA) is 70.2 Å². The minimum absolute atomic E-state index is 0.0520. The van der Waals surface area contributed by atoms with Crippen molar-refractivity contribution in [2.24, 2.45) is 11.8 Å². The average molecular weight is 395 g/mol. The summed E-state index contributed by atoms with van der Waals surface area (Å²) in [6.07, 6.45) is 1.43. The summed E-state index contributed by atoms with van der Waals surface area (Å²) in [7, 11) is 0. The Hall–Kier alpha value is -2.73. The second kappa shape index (κ2) is 7.26. The van der Waals surface area contributed by atoms with Crippen LogP contribution in [0.15, 0.2) is 42.5 Å². The van der Waals surface area contributed by atoms with Gasteiger partial charge in [-0.1, -0.05) is 31.5 Å². The van der Waals surface area contributed by atoms with Crippen molar-refractivity contribution in [1.29, 1.82) is 0 Å². The molecule has 2 amide bonds. The number of hydrogen-bond donors (Lipinski definition) is 3. The molecule has 2 aliphatic rings. The number of carbonyl (C=O) groups excluding carboxylic acids is 2. The molecule has 4 rings (SSSR count). The molecule has 2 aromatic carbocycles. The number of anilines is 2. The van der Waals surface area contributed by atoms with E-state index in [0.29, 0.717) is 18.0 Å². The van der Waals surface area contributed by atoms with E-state index in [1.165, 1.54) is 24.3 Å². The molecule has 1 fully saturated rings. The second-order valence-electron chi connectivity index (χ2n) is 8.57. The van der Waals surface area contributed by atoms with E-state index in [1.54, 1.807) is 0 Å². The van der Waals surface area contributed by atoms with Gasteiger partial charge in [0.15, 0.2) is 0 Å². The zero-order valence-electron chi connectivity index (χ0n) is 16.9. The van der Waals surface area contributed by atoms with E-state index < -0.39 is 11.5 Å². The van der Waals surface area contributed by atoms with Crippen molar-refractivity contribution in [3.8, 4) is 0 Å². The normalized spacial score (nSPS) is 25.3. The monoisotopic (exact) mass is 395 g/mol. The average Bonchev–Trinajstić information content (AvgIpc) is 3.16. The molecule has 2 heterocycles. The van der Waals surface area contributed by atoms with Crippen molar-refractivity contribution in [2.45, 2.75) is 45.2 Å². The molecule has 3 unspecified atom stereocenters. The lowest BCUT2D eigenvalue weighted by Crippen LogP contribution is -2.52. The predicted molar refractivity (Wildman–Crippen MR) is 111 cm³/mol. The third kappa shape index (κ3) is 3.42. The Morgan fingerprint density at radius 3 is 2.66 bits per heavy atom. The van der Waals surface area contributed by atoms with Crippen molar-refractivity contribution < 1.29 is 14.0 Å². The first-order valence-electron chi connectivity index (χ1n) is 10.1. The molecule has 2 aromatic rings. The highest BCUT2D eigenvalue weighted by molar-refractivity contribution is 6.10. The summed E-state index contributed by atoms with van der Waals surface area (Å²) >= 11 is 0. The molecular weight excluding hydrogens is 369 g/mol. The zero-order valence-corrected chi connectivity index (χ0v) is 16.9. The van der Waals surface area contributed by atoms with E-state index in [9.17, 15) is 14.0 Å². The van der Waals surface area contributed by atoms with Gasteiger partial charge in [-0.05, 0) is 56.0 Å². The zero-order chi connectivity index (χ0) is 20.8. The highest BCUT2D eigenvalue weighted by Gasteiger charge is 2.60. The van der Waals surface area contributed by atoms with Crippen LogP contribution in [0.25, 0.3) is 0 Å². The minimum atomic E-state index is -1.09. The number of hydrogen-bond acceptors (Lipinski definition) is 3. The number of fused-ring (bicyclic) bond motifs is 2. The Kier molecular flexibility index (Phi) is 4.90. The van der Waals surface area contributed by atoms with Gasteiger partial charge in [0.25, 0.3) is 0 Å². The summed E-state index contributed by atoms with van der Waals surface area (Å²) in [6, 6.07) is 11.5. The smallest absolute Gasteiger partial charge is 0.250 e. The summed E-state index contributed by atoms with van der Waals surface area (Å²) in [5.74, 6) is -0.925. The van der Waals surface area contributed by atoms with Gasteiger partial charge in [-0.25, -0.2) is 4.39 Å². The first-order chi connectivity index (χ1) is 13.8. The maximum atomic E-state index is 13.3. The van der Waals surface area contributed by atoms with Crippen LogP contribution in [0.4, 0.5) is 15.8 Å². The standard InChI is InChI=1S/C23H26FN3O2/c1-13(2)10-17-12-19(21(28)25-16-7-5-15(24)6-8-16)23(27-17)18-11-14(3)4-9-20(18)26-22(23)29/h4-9,11,13,17,19,27H,10,12H2,1-3H3,(H,25,28)(H,26,29). The summed E-state index contributed by atoms with van der Waals surface area (Å²) in [5, 5.41) is 9.36. The lowest BCUT2D eigenvalue weighted by atomic mass is 9.79. The molecule has 0 radical (unpaired) electrons. The fourth-order valence-corrected chi connectivity index (χ4v) is 4.66. The minimum Gasteiger partial charge on any atom is -0.326 e. The Labute approximate surface area is 170 Å². The molecule has 1 spiro atoms. The number of benzene rings is 2. The Bertz CT molecular complexity index is 957. The van der Waals surface area contributed by atoms with E-state index in [-0.39, 0.29) is 23.7 Å². The Morgan fingerprint density at radius 1 is 1.24 bits per heavy atom. The van der Waals surface area contributed by atoms with Gasteiger partial charge < -0.3 is 10.6 Å². The summed E-state index contributed by atoms with van der Waals surface area (Å²) < 4.78 is 13.2. The molecule has 0 saturated carbocycles. The van der Waals surface area contributed by atoms with Crippen molar-refractivity contribution in [3.63, 3.8) is 0 Å². The van der Waals surface area contributed by atoms with Gasteiger partial charge in [0.05, 0.1) is 5.92 Å². The van der Waals surface area contributed by atoms with Crippen LogP contribution in [0.5, 0.6) is 0 Å². The highest BCUT2D eigenvalue weighted by atomic mass is 19.1. The van der Waals surface area contributed by atoms with Crippen molar-refractivity contribution >= 4 is 23.2 Å². The third-order valence-electron chi connectivity index (χ3n) is 5.87. The molecule has 1 saturated heterocycles. The summed E-state index contributed by atoms with van der Waals surface area (Å²) in [6.45, 7) is 6.24. The van der Waals surface area contributed by atoms with Crippen LogP contribution in [0.1, 0.15) is 37.8 Å². The van der Waals surface area contributed by atoms with E-state index in [1.807, 2.05) is 25.1 Å². The van der Waals surface area contributed by atoms with Crippen LogP contribution in [0.2, 0.25) is 0 Å². The molecule has 5 nitrogen and oxygen atoms in total. The fourth-order valence-electron chi connectivity index (χ4n) is 4.66. The van der Waals surface area contributed by atoms with Crippen LogP contribution < -0.4 is 16.0 Å². The van der Waals surface area contributed by atoms with Crippen LogP contribution >= 0.6 is 0 Å². The molecule has 2 aliphatic heterocycles. The van der Waals surface area contributed by atoms with Gasteiger partial charge in [-0.15, -0.1) is 0 Å². The van der Waals surface area contributed by atoms with Crippen molar-refractivity contribution in [2.75, 3.05) is 10.6 Å². The number of carbonyl (C=O) groups is 2. The summed E-state index contributed by atoms with van der Waals surface area (Å²) in [5.41, 5.74) is 2.03. The Balaban J connectivity index is 1.72. The first kappa shape index (κ1) is 19.6. The van der Waals surface area contributed by atoms with E-state index >= 15 is 0 Å². The molecule has 3 atom stereocenters. The quantitative estimate of drug-likeness (QED) is 0.734. The number of rotatable bonds is 4. The van der Waals surface area contributed by atoms with E-state index in [0.717, 1.165) is 23.2 Å². The second-order valence-corrected chi connectivity index (χ2v) is 8.57. The van der Waals surface area contributed by atoms with Gasteiger partial charge in [0, 0.05) is 23.0 Å². The van der Waals surface area contributed by atoms with Gasteiger partial charge in [0.1, 0.15) is 11.4 Å². The molecular formula is C23H26FN3O2. The summed E-state index contributed by atoms with van der Waals surface area (Å²) in [4.78, 5) is 26.5. The maximum absolute atomic E-state index is 13.3. The first-order valence-corrected chi connectivity index (χ1v) is 10.1. The molecule has 0 aliphatic carbocycles. The van der Waals surface area contributed by atoms with Crippen molar-refractivity contribution in [3.05, 3.63) is 59.4 Å². The lowest BCUT2D eigenvalue weighted by Gasteiger charge is -2.29. The highest BCUT2D eigenvalue weighted by Crippen LogP contribution is 2.48. The number of amides is 2.